The smallest absolute Gasteiger partial charge is 0.366 e. The number of nitrogens with zero attached hydrogens (tertiary/aromatic N) is 1. The number of alkyl halides is 3. The molecular weight excluding hydrogens is 386 g/mol. The van der Waals surface area contributed by atoms with Crippen LogP contribution in [0.5, 0.6) is 0 Å². The third kappa shape index (κ3) is 2.20. The molecule has 0 radical (unpaired) electrons. The van der Waals surface area contributed by atoms with Gasteiger partial charge in [-0.15, -0.1) is 0 Å². The van der Waals surface area contributed by atoms with Crippen LogP contribution >= 0.6 is 22.6 Å². The second kappa shape index (κ2) is 4.59. The van der Waals surface area contributed by atoms with Gasteiger partial charge in [0, 0.05) is 9.99 Å². The predicted molar refractivity (Wildman–Crippen MR) is 73.0 cm³/mol. The maximum atomic E-state index is 12.6. The predicted octanol–water partition coefficient (Wildman–Crippen LogP) is 2.68. The van der Waals surface area contributed by atoms with Gasteiger partial charge in [-0.25, -0.2) is 0 Å². The van der Waals surface area contributed by atoms with Gasteiger partial charge in [0.2, 0.25) is 0 Å². The lowest BCUT2D eigenvalue weighted by Gasteiger charge is -2.33. The molecule has 7 heteroatoms. The molecule has 0 saturated carbocycles. The monoisotopic (exact) mass is 397 g/mol. The Morgan fingerprint density at radius 2 is 2.00 bits per heavy atom. The van der Waals surface area contributed by atoms with Crippen molar-refractivity contribution in [3.63, 3.8) is 0 Å². The lowest BCUT2D eigenvalue weighted by Crippen LogP contribution is -2.49. The van der Waals surface area contributed by atoms with Crippen molar-refractivity contribution in [3.8, 4) is 0 Å². The number of morpholine rings is 1. The van der Waals surface area contributed by atoms with E-state index in [1.54, 1.807) is 0 Å². The molecule has 0 aliphatic carbocycles. The number of carbonyl (C=O) groups excluding carboxylic acids is 1. The van der Waals surface area contributed by atoms with Gasteiger partial charge in [0.05, 0.1) is 19.2 Å². The molecule has 3 nitrogen and oxygen atoms in total. The maximum Gasteiger partial charge on any atom is 0.471 e. The highest BCUT2D eigenvalue weighted by Crippen LogP contribution is 2.46. The van der Waals surface area contributed by atoms with Gasteiger partial charge >= 0.3 is 12.1 Å². The molecule has 3 rings (SSSR count). The molecule has 0 unspecified atom stereocenters. The number of hydrogen-bond acceptors (Lipinski definition) is 2. The van der Waals surface area contributed by atoms with Crippen molar-refractivity contribution in [3.05, 3.63) is 33.4 Å². The Bertz CT molecular complexity index is 546. The van der Waals surface area contributed by atoms with Crippen molar-refractivity contribution >= 4 is 28.5 Å². The maximum absolute atomic E-state index is 12.6. The summed E-state index contributed by atoms with van der Waals surface area (Å²) >= 11 is 2.16. The number of benzene rings is 1. The molecule has 1 aromatic carbocycles. The molecule has 0 N–H and O–H groups in total. The van der Waals surface area contributed by atoms with Crippen LogP contribution in [-0.4, -0.2) is 36.2 Å². The molecule has 2 fully saturated rings. The summed E-state index contributed by atoms with van der Waals surface area (Å²) in [5, 5.41) is 0. The third-order valence-corrected chi connectivity index (χ3v) is 4.58. The van der Waals surface area contributed by atoms with Crippen molar-refractivity contribution in [2.45, 2.75) is 24.2 Å². The zero-order valence-corrected chi connectivity index (χ0v) is 12.4. The van der Waals surface area contributed by atoms with Crippen LogP contribution in [0.4, 0.5) is 13.2 Å². The Hall–Kier alpha value is -0.830. The minimum atomic E-state index is -4.82. The quantitative estimate of drug-likeness (QED) is 0.683. The van der Waals surface area contributed by atoms with Crippen LogP contribution in [0.15, 0.2) is 24.3 Å². The van der Waals surface area contributed by atoms with E-state index in [1.807, 2.05) is 24.3 Å². The van der Waals surface area contributed by atoms with E-state index >= 15 is 0 Å². The van der Waals surface area contributed by atoms with Crippen molar-refractivity contribution in [2.24, 2.45) is 0 Å². The number of carbonyl (C=O) groups is 1. The number of rotatable bonds is 1. The highest BCUT2D eigenvalue weighted by Gasteiger charge is 2.57. The van der Waals surface area contributed by atoms with Gasteiger partial charge in [-0.3, -0.25) is 4.79 Å². The van der Waals surface area contributed by atoms with Gasteiger partial charge in [-0.2, -0.15) is 13.2 Å². The molecule has 0 aromatic heterocycles. The Kier molecular flexibility index (Phi) is 3.24. The van der Waals surface area contributed by atoms with Gasteiger partial charge < -0.3 is 9.64 Å². The fourth-order valence-electron chi connectivity index (χ4n) is 2.92. The molecule has 1 amide bonds. The fourth-order valence-corrected chi connectivity index (χ4v) is 3.27. The molecule has 108 valence electrons. The second-order valence-electron chi connectivity index (χ2n) is 5.10. The van der Waals surface area contributed by atoms with E-state index in [-0.39, 0.29) is 13.2 Å². The first kappa shape index (κ1) is 14.1. The van der Waals surface area contributed by atoms with Crippen LogP contribution in [0.25, 0.3) is 0 Å². The van der Waals surface area contributed by atoms with E-state index < -0.39 is 23.7 Å². The van der Waals surface area contributed by atoms with Crippen molar-refractivity contribution in [1.29, 1.82) is 0 Å². The van der Waals surface area contributed by atoms with E-state index in [1.165, 1.54) is 0 Å². The SMILES string of the molecule is O=C(N1C[C@]2(c3ccc(I)cc3)C[C@H]1CO2)C(F)(F)F. The Morgan fingerprint density at radius 3 is 2.60 bits per heavy atom. The average molecular weight is 397 g/mol. The van der Waals surface area contributed by atoms with Crippen molar-refractivity contribution in [1.82, 2.24) is 4.90 Å². The summed E-state index contributed by atoms with van der Waals surface area (Å²) in [6.45, 7) is 0.129. The first-order chi connectivity index (χ1) is 9.32. The summed E-state index contributed by atoms with van der Waals surface area (Å²) in [5.41, 5.74) is 0.0496. The molecule has 2 atom stereocenters. The summed E-state index contributed by atoms with van der Waals surface area (Å²) in [4.78, 5) is 12.3. The van der Waals surface area contributed by atoms with Crippen LogP contribution in [0.1, 0.15) is 12.0 Å². The molecule has 2 aliphatic rings. The first-order valence-electron chi connectivity index (χ1n) is 6.10. The lowest BCUT2D eigenvalue weighted by atomic mass is 9.93. The van der Waals surface area contributed by atoms with E-state index in [0.29, 0.717) is 6.42 Å². The van der Waals surface area contributed by atoms with Gasteiger partial charge in [0.1, 0.15) is 5.60 Å². The molecule has 2 saturated heterocycles. The minimum absolute atomic E-state index is 0.0311. The Labute approximate surface area is 127 Å². The number of hydrogen-bond donors (Lipinski definition) is 0. The minimum Gasteiger partial charge on any atom is -0.366 e. The average Bonchev–Trinajstić information content (AvgIpc) is 2.96. The molecule has 2 aliphatic heterocycles. The van der Waals surface area contributed by atoms with Crippen molar-refractivity contribution in [2.75, 3.05) is 13.2 Å². The number of halogens is 4. The topological polar surface area (TPSA) is 29.5 Å². The Balaban J connectivity index is 1.88. The molecule has 2 bridgehead atoms. The van der Waals surface area contributed by atoms with E-state index in [2.05, 4.69) is 22.6 Å². The van der Waals surface area contributed by atoms with E-state index in [0.717, 1.165) is 14.0 Å². The van der Waals surface area contributed by atoms with Crippen LogP contribution in [0.3, 0.4) is 0 Å². The van der Waals surface area contributed by atoms with Gasteiger partial charge in [0.15, 0.2) is 0 Å². The third-order valence-electron chi connectivity index (χ3n) is 3.86. The van der Waals surface area contributed by atoms with Crippen LogP contribution in [-0.2, 0) is 15.1 Å². The lowest BCUT2D eigenvalue weighted by molar-refractivity contribution is -0.191. The standard InChI is InChI=1S/C13H11F3INO2/c14-13(15,16)11(19)18-7-12(5-10(18)6-20-12)8-1-3-9(17)4-2-8/h1-4,10H,5-7H2/t10-,12-/m0/s1. The molecular formula is C13H11F3INO2. The summed E-state index contributed by atoms with van der Waals surface area (Å²) < 4.78 is 44.5. The highest BCUT2D eigenvalue weighted by atomic mass is 127. The molecule has 0 spiro atoms. The van der Waals surface area contributed by atoms with Gasteiger partial charge in [-0.1, -0.05) is 12.1 Å². The van der Waals surface area contributed by atoms with E-state index in [9.17, 15) is 18.0 Å². The highest BCUT2D eigenvalue weighted by molar-refractivity contribution is 14.1. The zero-order valence-electron chi connectivity index (χ0n) is 10.3. The number of fused-ring (bicyclic) bond motifs is 2. The second-order valence-corrected chi connectivity index (χ2v) is 6.35. The van der Waals surface area contributed by atoms with Crippen molar-refractivity contribution < 1.29 is 22.7 Å². The fraction of sp³-hybridized carbons (Fsp3) is 0.462. The van der Waals surface area contributed by atoms with Crippen LogP contribution in [0.2, 0.25) is 0 Å². The summed E-state index contributed by atoms with van der Waals surface area (Å²) in [5.74, 6) is -1.77. The molecule has 2 heterocycles. The number of amides is 1. The van der Waals surface area contributed by atoms with Crippen LogP contribution in [0, 0.1) is 3.57 Å². The molecule has 1 aromatic rings. The van der Waals surface area contributed by atoms with Crippen LogP contribution < -0.4 is 0 Å². The Morgan fingerprint density at radius 1 is 1.35 bits per heavy atom. The van der Waals surface area contributed by atoms with Gasteiger partial charge in [0.25, 0.3) is 0 Å². The largest absolute Gasteiger partial charge is 0.471 e. The number of ether oxygens (including phenoxy) is 1. The molecule has 20 heavy (non-hydrogen) atoms. The first-order valence-corrected chi connectivity index (χ1v) is 7.17. The normalized spacial score (nSPS) is 29.0. The summed E-state index contributed by atoms with van der Waals surface area (Å²) in [7, 11) is 0. The zero-order chi connectivity index (χ0) is 14.5. The number of likely N-dealkylation sites (tertiary alicyclic amines) is 1. The van der Waals surface area contributed by atoms with E-state index in [4.69, 9.17) is 4.74 Å². The summed E-state index contributed by atoms with van der Waals surface area (Å²) in [6, 6.07) is 6.99. The van der Waals surface area contributed by atoms with Gasteiger partial charge in [-0.05, 0) is 40.3 Å². The summed E-state index contributed by atoms with van der Waals surface area (Å²) in [6.07, 6.45) is -4.40.